The summed E-state index contributed by atoms with van der Waals surface area (Å²) in [5.41, 5.74) is 3.75. The zero-order valence-corrected chi connectivity index (χ0v) is 21.5. The lowest BCUT2D eigenvalue weighted by molar-refractivity contribution is -0.136. The lowest BCUT2D eigenvalue weighted by Crippen LogP contribution is -2.30. The van der Waals surface area contributed by atoms with Gasteiger partial charge in [-0.15, -0.1) is 0 Å². The number of esters is 1. The summed E-state index contributed by atoms with van der Waals surface area (Å²) in [5.74, 6) is -0.373. The molecule has 0 saturated carbocycles. The van der Waals surface area contributed by atoms with E-state index in [2.05, 4.69) is 27.2 Å². The maximum Gasteiger partial charge on any atom is 0.336 e. The van der Waals surface area contributed by atoms with Crippen LogP contribution in [-0.2, 0) is 22.6 Å². The smallest absolute Gasteiger partial charge is 0.336 e. The average molecular weight is 513 g/mol. The third-order valence-electron chi connectivity index (χ3n) is 5.87. The van der Waals surface area contributed by atoms with Gasteiger partial charge in [0.2, 0.25) is 0 Å². The minimum Gasteiger partial charge on any atom is -0.466 e. The fourth-order valence-electron chi connectivity index (χ4n) is 4.29. The number of nitrogens with zero attached hydrogens (tertiary/aromatic N) is 4. The summed E-state index contributed by atoms with van der Waals surface area (Å²) in [5, 5.41) is 4.97. The van der Waals surface area contributed by atoms with Crippen molar-refractivity contribution in [2.75, 3.05) is 19.1 Å². The lowest BCUT2D eigenvalue weighted by Gasteiger charge is -2.32. The quantitative estimate of drug-likeness (QED) is 0.361. The number of aromatic nitrogens is 2. The summed E-state index contributed by atoms with van der Waals surface area (Å²) >= 11 is 12.8. The third-order valence-corrected chi connectivity index (χ3v) is 6.71. The number of benzene rings is 2. The van der Waals surface area contributed by atoms with Crippen molar-refractivity contribution in [3.63, 3.8) is 0 Å². The Labute approximate surface area is 214 Å². The van der Waals surface area contributed by atoms with Gasteiger partial charge in [0.25, 0.3) is 0 Å². The molecule has 35 heavy (non-hydrogen) atoms. The first kappa shape index (κ1) is 25.0. The van der Waals surface area contributed by atoms with Gasteiger partial charge in [0.05, 0.1) is 29.3 Å². The van der Waals surface area contributed by atoms with Gasteiger partial charge in [-0.2, -0.15) is 4.98 Å². The number of halogens is 2. The molecule has 2 heterocycles. The van der Waals surface area contributed by atoms with Gasteiger partial charge in [0.15, 0.2) is 5.82 Å². The molecular weight excluding hydrogens is 487 g/mol. The maximum atomic E-state index is 12.9. The van der Waals surface area contributed by atoms with Crippen molar-refractivity contribution in [1.29, 1.82) is 0 Å². The number of carbonyl (C=O) groups is 1. The van der Waals surface area contributed by atoms with Crippen LogP contribution in [0.5, 0.6) is 0 Å². The van der Waals surface area contributed by atoms with Gasteiger partial charge in [-0.1, -0.05) is 76.9 Å². The Balaban J connectivity index is 1.63. The maximum absolute atomic E-state index is 12.9. The average Bonchev–Trinajstić information content (AvgIpc) is 3.28. The molecule has 7 nitrogen and oxygen atoms in total. The Morgan fingerprint density at radius 3 is 2.57 bits per heavy atom. The number of anilines is 1. The third kappa shape index (κ3) is 5.27. The number of methoxy groups -OCH3 is 1. The highest BCUT2D eigenvalue weighted by Gasteiger charge is 2.35. The van der Waals surface area contributed by atoms with Gasteiger partial charge < -0.3 is 9.26 Å². The Bertz CT molecular complexity index is 1290. The second-order valence-corrected chi connectivity index (χ2v) is 9.19. The second kappa shape index (κ2) is 10.6. The predicted octanol–water partition coefficient (Wildman–Crippen LogP) is 5.96. The van der Waals surface area contributed by atoms with E-state index in [1.807, 2.05) is 51.2 Å². The van der Waals surface area contributed by atoms with Crippen LogP contribution in [0.1, 0.15) is 36.7 Å². The number of hydrogen-bond donors (Lipinski definition) is 0. The van der Waals surface area contributed by atoms with Crippen molar-refractivity contribution >= 4 is 35.2 Å². The molecule has 9 heteroatoms. The van der Waals surface area contributed by atoms with Gasteiger partial charge in [-0.3, -0.25) is 9.80 Å². The SMILES string of the molecule is COC(=O)C1=C(C)N(c2nc(CN(C)Cc3ccccc3)no2)C(C)=CC1c1cccc(Cl)c1Cl. The summed E-state index contributed by atoms with van der Waals surface area (Å²) < 4.78 is 10.7. The molecule has 1 atom stereocenters. The molecule has 0 bridgehead atoms. The van der Waals surface area contributed by atoms with Crippen LogP contribution in [0.25, 0.3) is 0 Å². The first-order valence-electron chi connectivity index (χ1n) is 11.1. The fourth-order valence-corrected chi connectivity index (χ4v) is 4.71. The molecule has 3 aromatic rings. The Morgan fingerprint density at radius 1 is 1.11 bits per heavy atom. The van der Waals surface area contributed by atoms with Gasteiger partial charge in [-0.25, -0.2) is 4.79 Å². The van der Waals surface area contributed by atoms with E-state index in [0.29, 0.717) is 39.2 Å². The molecule has 1 aromatic heterocycles. The largest absolute Gasteiger partial charge is 0.466 e. The molecule has 1 aliphatic rings. The van der Waals surface area contributed by atoms with E-state index in [4.69, 9.17) is 32.5 Å². The van der Waals surface area contributed by atoms with Crippen LogP contribution >= 0.6 is 23.2 Å². The van der Waals surface area contributed by atoms with Crippen LogP contribution in [-0.4, -0.2) is 35.2 Å². The van der Waals surface area contributed by atoms with E-state index in [9.17, 15) is 4.79 Å². The van der Waals surface area contributed by atoms with Crippen molar-refractivity contribution in [1.82, 2.24) is 15.0 Å². The topological polar surface area (TPSA) is 71.7 Å². The number of hydrogen-bond acceptors (Lipinski definition) is 7. The van der Waals surface area contributed by atoms with Gasteiger partial charge >= 0.3 is 12.0 Å². The number of rotatable bonds is 7. The van der Waals surface area contributed by atoms with Crippen LogP contribution < -0.4 is 4.90 Å². The highest BCUT2D eigenvalue weighted by Crippen LogP contribution is 2.42. The predicted molar refractivity (Wildman–Crippen MR) is 136 cm³/mol. The summed E-state index contributed by atoms with van der Waals surface area (Å²) in [4.78, 5) is 21.3. The summed E-state index contributed by atoms with van der Waals surface area (Å²) in [6.45, 7) is 4.98. The van der Waals surface area contributed by atoms with E-state index in [0.717, 1.165) is 12.2 Å². The van der Waals surface area contributed by atoms with Crippen molar-refractivity contribution in [2.24, 2.45) is 0 Å². The molecule has 182 valence electrons. The van der Waals surface area contributed by atoms with Gasteiger partial charge in [-0.05, 0) is 38.1 Å². The van der Waals surface area contributed by atoms with Crippen LogP contribution in [0.15, 0.2) is 76.1 Å². The molecule has 0 aliphatic carbocycles. The first-order valence-corrected chi connectivity index (χ1v) is 11.8. The molecule has 1 aliphatic heterocycles. The zero-order valence-electron chi connectivity index (χ0n) is 20.0. The van der Waals surface area contributed by atoms with E-state index < -0.39 is 11.9 Å². The van der Waals surface area contributed by atoms with Crippen molar-refractivity contribution < 1.29 is 14.1 Å². The monoisotopic (exact) mass is 512 g/mol. The lowest BCUT2D eigenvalue weighted by atomic mass is 9.86. The molecule has 0 saturated heterocycles. The molecule has 2 aromatic carbocycles. The van der Waals surface area contributed by atoms with E-state index >= 15 is 0 Å². The minimum atomic E-state index is -0.473. The fraction of sp³-hybridized carbons (Fsp3) is 0.269. The molecule has 0 amide bonds. The Hall–Kier alpha value is -3.13. The van der Waals surface area contributed by atoms with Crippen molar-refractivity contribution in [3.05, 3.63) is 98.6 Å². The summed E-state index contributed by atoms with van der Waals surface area (Å²) in [6.07, 6.45) is 1.92. The van der Waals surface area contributed by atoms with Crippen LogP contribution in [0.2, 0.25) is 10.0 Å². The molecule has 0 spiro atoms. The Kier molecular flexibility index (Phi) is 7.60. The number of allylic oxidation sites excluding steroid dienone is 3. The second-order valence-electron chi connectivity index (χ2n) is 8.41. The molecular formula is C26H26Cl2N4O3. The minimum absolute atomic E-state index is 0.274. The van der Waals surface area contributed by atoms with Gasteiger partial charge in [0.1, 0.15) is 0 Å². The normalized spacial score (nSPS) is 16.0. The molecule has 4 rings (SSSR count). The van der Waals surface area contributed by atoms with Crippen LogP contribution in [0.3, 0.4) is 0 Å². The van der Waals surface area contributed by atoms with E-state index in [-0.39, 0.29) is 6.01 Å². The first-order chi connectivity index (χ1) is 16.8. The Morgan fingerprint density at radius 2 is 1.86 bits per heavy atom. The summed E-state index contributed by atoms with van der Waals surface area (Å²) in [7, 11) is 3.34. The van der Waals surface area contributed by atoms with E-state index in [1.165, 1.54) is 12.7 Å². The highest BCUT2D eigenvalue weighted by atomic mass is 35.5. The van der Waals surface area contributed by atoms with Gasteiger partial charge in [0, 0.05) is 23.9 Å². The van der Waals surface area contributed by atoms with Crippen molar-refractivity contribution in [3.8, 4) is 0 Å². The molecule has 1 unspecified atom stereocenters. The van der Waals surface area contributed by atoms with Crippen LogP contribution in [0.4, 0.5) is 6.01 Å². The number of carbonyl (C=O) groups excluding carboxylic acids is 1. The van der Waals surface area contributed by atoms with Crippen molar-refractivity contribution in [2.45, 2.75) is 32.9 Å². The van der Waals surface area contributed by atoms with E-state index in [1.54, 1.807) is 17.0 Å². The summed E-state index contributed by atoms with van der Waals surface area (Å²) in [6, 6.07) is 15.8. The molecule has 0 radical (unpaired) electrons. The molecule has 0 N–H and O–H groups in total. The highest BCUT2D eigenvalue weighted by molar-refractivity contribution is 6.42. The van der Waals surface area contributed by atoms with Crippen LogP contribution in [0, 0.1) is 0 Å². The number of ether oxygens (including phenoxy) is 1. The molecule has 0 fully saturated rings. The zero-order chi connectivity index (χ0) is 25.1. The standard InChI is InChI=1S/C26H26Cl2N4O3/c1-16-13-20(19-11-8-12-21(27)24(19)28)23(25(33)34-4)17(2)32(16)26-29-22(30-35-26)15-31(3)14-18-9-6-5-7-10-18/h5-13,20H,14-15H2,1-4H3.